The molecule has 18 heavy (non-hydrogen) atoms. The Hall–Kier alpha value is -1.78. The largest absolute Gasteiger partial charge is 0.467 e. The van der Waals surface area contributed by atoms with Crippen LogP contribution in [-0.2, 0) is 16.1 Å². The summed E-state index contributed by atoms with van der Waals surface area (Å²) in [7, 11) is 0. The molecule has 0 radical (unpaired) electrons. The number of hydrogen-bond donors (Lipinski definition) is 1. The monoisotopic (exact) mass is 250 g/mol. The van der Waals surface area contributed by atoms with Crippen molar-refractivity contribution in [3.05, 3.63) is 24.2 Å². The van der Waals surface area contributed by atoms with E-state index in [1.165, 1.54) is 0 Å². The van der Waals surface area contributed by atoms with Crippen LogP contribution in [-0.4, -0.2) is 28.8 Å². The van der Waals surface area contributed by atoms with Gasteiger partial charge in [-0.25, -0.2) is 0 Å². The molecule has 2 amide bonds. The predicted molar refractivity (Wildman–Crippen MR) is 65.6 cm³/mol. The van der Waals surface area contributed by atoms with Gasteiger partial charge in [0.1, 0.15) is 17.8 Å². The molecular formula is C13H18N2O3. The zero-order valence-electron chi connectivity index (χ0n) is 10.7. The number of rotatable bonds is 4. The summed E-state index contributed by atoms with van der Waals surface area (Å²) in [5.74, 6) is 0.563. The molecule has 0 aromatic carbocycles. The molecule has 0 spiro atoms. The van der Waals surface area contributed by atoms with E-state index in [9.17, 15) is 9.59 Å². The molecule has 1 aromatic rings. The second kappa shape index (κ2) is 4.84. The molecular weight excluding hydrogens is 232 g/mol. The van der Waals surface area contributed by atoms with E-state index in [-0.39, 0.29) is 18.4 Å². The lowest BCUT2D eigenvalue weighted by atomic mass is 9.89. The first-order valence-corrected chi connectivity index (χ1v) is 6.24. The molecule has 5 heteroatoms. The Balaban J connectivity index is 2.20. The lowest BCUT2D eigenvalue weighted by molar-refractivity contribution is -0.151. The summed E-state index contributed by atoms with van der Waals surface area (Å²) >= 11 is 0. The molecule has 5 nitrogen and oxygen atoms in total. The SMILES string of the molecule is CCC1(CC)NC(=O)CN(Cc2ccco2)C1=O. The molecule has 2 rings (SSSR count). The molecule has 0 saturated carbocycles. The number of hydrogen-bond acceptors (Lipinski definition) is 3. The normalized spacial score (nSPS) is 18.9. The van der Waals surface area contributed by atoms with Gasteiger partial charge < -0.3 is 14.6 Å². The van der Waals surface area contributed by atoms with Crippen LogP contribution in [0.4, 0.5) is 0 Å². The van der Waals surface area contributed by atoms with E-state index in [4.69, 9.17) is 4.42 Å². The highest BCUT2D eigenvalue weighted by Gasteiger charge is 2.43. The Morgan fingerprint density at radius 1 is 1.39 bits per heavy atom. The lowest BCUT2D eigenvalue weighted by Gasteiger charge is -2.40. The van der Waals surface area contributed by atoms with Crippen LogP contribution in [0.3, 0.4) is 0 Å². The Morgan fingerprint density at radius 2 is 2.11 bits per heavy atom. The van der Waals surface area contributed by atoms with Crippen LogP contribution in [0.2, 0.25) is 0 Å². The first-order chi connectivity index (χ1) is 8.61. The van der Waals surface area contributed by atoms with E-state index in [1.54, 1.807) is 23.3 Å². The highest BCUT2D eigenvalue weighted by molar-refractivity contribution is 5.97. The van der Waals surface area contributed by atoms with Gasteiger partial charge >= 0.3 is 0 Å². The molecule has 1 aromatic heterocycles. The number of amides is 2. The maximum Gasteiger partial charge on any atom is 0.249 e. The number of piperazine rings is 1. The maximum absolute atomic E-state index is 12.5. The minimum absolute atomic E-state index is 0.0245. The summed E-state index contributed by atoms with van der Waals surface area (Å²) in [6.07, 6.45) is 2.77. The molecule has 0 bridgehead atoms. The summed E-state index contributed by atoms with van der Waals surface area (Å²) < 4.78 is 5.23. The molecule has 1 N–H and O–H groups in total. The average Bonchev–Trinajstić information content (AvgIpc) is 2.86. The highest BCUT2D eigenvalue weighted by atomic mass is 16.3. The van der Waals surface area contributed by atoms with Crippen LogP contribution in [0.15, 0.2) is 22.8 Å². The fourth-order valence-corrected chi connectivity index (χ4v) is 2.36. The second-order valence-electron chi connectivity index (χ2n) is 4.58. The van der Waals surface area contributed by atoms with E-state index < -0.39 is 5.54 Å². The van der Waals surface area contributed by atoms with Crippen molar-refractivity contribution in [3.8, 4) is 0 Å². The Kier molecular flexibility index (Phi) is 3.41. The zero-order valence-corrected chi connectivity index (χ0v) is 10.7. The third-order valence-electron chi connectivity index (χ3n) is 3.54. The van der Waals surface area contributed by atoms with Gasteiger partial charge in [-0.05, 0) is 25.0 Å². The topological polar surface area (TPSA) is 62.6 Å². The molecule has 1 fully saturated rings. The highest BCUT2D eigenvalue weighted by Crippen LogP contribution is 2.23. The predicted octanol–water partition coefficient (Wildman–Crippen LogP) is 1.30. The lowest BCUT2D eigenvalue weighted by Crippen LogP contribution is -2.65. The van der Waals surface area contributed by atoms with Crippen molar-refractivity contribution < 1.29 is 14.0 Å². The van der Waals surface area contributed by atoms with E-state index >= 15 is 0 Å². The Labute approximate surface area is 106 Å². The van der Waals surface area contributed by atoms with Crippen molar-refractivity contribution in [2.75, 3.05) is 6.54 Å². The van der Waals surface area contributed by atoms with Gasteiger partial charge in [-0.3, -0.25) is 9.59 Å². The molecule has 1 saturated heterocycles. The number of carbonyl (C=O) groups excluding carboxylic acids is 2. The quantitative estimate of drug-likeness (QED) is 0.876. The van der Waals surface area contributed by atoms with Crippen molar-refractivity contribution in [3.63, 3.8) is 0 Å². The van der Waals surface area contributed by atoms with Crippen LogP contribution in [0, 0.1) is 0 Å². The Bertz CT molecular complexity index is 435. The van der Waals surface area contributed by atoms with Crippen LogP contribution < -0.4 is 5.32 Å². The fourth-order valence-electron chi connectivity index (χ4n) is 2.36. The van der Waals surface area contributed by atoms with Crippen molar-refractivity contribution in [1.82, 2.24) is 10.2 Å². The van der Waals surface area contributed by atoms with Gasteiger partial charge in [-0.1, -0.05) is 13.8 Å². The maximum atomic E-state index is 12.5. The molecule has 0 aliphatic carbocycles. The smallest absolute Gasteiger partial charge is 0.249 e. The average molecular weight is 250 g/mol. The minimum atomic E-state index is -0.748. The summed E-state index contributed by atoms with van der Waals surface area (Å²) in [4.78, 5) is 25.8. The van der Waals surface area contributed by atoms with Gasteiger partial charge in [0.15, 0.2) is 0 Å². The second-order valence-corrected chi connectivity index (χ2v) is 4.58. The van der Waals surface area contributed by atoms with Crippen LogP contribution in [0.5, 0.6) is 0 Å². The third-order valence-corrected chi connectivity index (χ3v) is 3.54. The molecule has 0 unspecified atom stereocenters. The zero-order chi connectivity index (χ0) is 13.2. The standard InChI is InChI=1S/C13H18N2O3/c1-3-13(4-2)12(17)15(9-11(16)14-13)8-10-6-5-7-18-10/h5-7H,3-4,8-9H2,1-2H3,(H,14,16). The molecule has 1 aliphatic rings. The summed E-state index contributed by atoms with van der Waals surface area (Å²) in [5.41, 5.74) is -0.748. The summed E-state index contributed by atoms with van der Waals surface area (Å²) in [6, 6.07) is 3.58. The molecule has 2 heterocycles. The molecule has 98 valence electrons. The van der Waals surface area contributed by atoms with E-state index in [1.807, 2.05) is 13.8 Å². The van der Waals surface area contributed by atoms with Gasteiger partial charge in [0.2, 0.25) is 11.8 Å². The van der Waals surface area contributed by atoms with Gasteiger partial charge in [-0.2, -0.15) is 0 Å². The van der Waals surface area contributed by atoms with E-state index in [0.717, 1.165) is 0 Å². The number of furan rings is 1. The minimum Gasteiger partial charge on any atom is -0.467 e. The first-order valence-electron chi connectivity index (χ1n) is 6.24. The van der Waals surface area contributed by atoms with E-state index in [2.05, 4.69) is 5.32 Å². The first kappa shape index (κ1) is 12.7. The number of carbonyl (C=O) groups is 2. The Morgan fingerprint density at radius 3 is 2.67 bits per heavy atom. The number of nitrogens with one attached hydrogen (secondary N) is 1. The van der Waals surface area contributed by atoms with Crippen molar-refractivity contribution >= 4 is 11.8 Å². The van der Waals surface area contributed by atoms with Crippen molar-refractivity contribution in [2.24, 2.45) is 0 Å². The van der Waals surface area contributed by atoms with Gasteiger partial charge in [-0.15, -0.1) is 0 Å². The van der Waals surface area contributed by atoms with Gasteiger partial charge in [0.25, 0.3) is 0 Å². The van der Waals surface area contributed by atoms with Gasteiger partial charge in [0, 0.05) is 0 Å². The summed E-state index contributed by atoms with van der Waals surface area (Å²) in [5, 5.41) is 2.83. The molecule has 0 atom stereocenters. The molecule has 1 aliphatic heterocycles. The fraction of sp³-hybridized carbons (Fsp3) is 0.538. The van der Waals surface area contributed by atoms with Crippen molar-refractivity contribution in [2.45, 2.75) is 38.8 Å². The van der Waals surface area contributed by atoms with Gasteiger partial charge in [0.05, 0.1) is 12.8 Å². The van der Waals surface area contributed by atoms with Crippen LogP contribution >= 0.6 is 0 Å². The third kappa shape index (κ3) is 2.12. The van der Waals surface area contributed by atoms with Crippen LogP contribution in [0.25, 0.3) is 0 Å². The number of nitrogens with zero attached hydrogens (tertiary/aromatic N) is 1. The summed E-state index contributed by atoms with van der Waals surface area (Å²) in [6.45, 7) is 4.28. The van der Waals surface area contributed by atoms with Crippen molar-refractivity contribution in [1.29, 1.82) is 0 Å². The van der Waals surface area contributed by atoms with Crippen LogP contribution in [0.1, 0.15) is 32.4 Å². The van der Waals surface area contributed by atoms with E-state index in [0.29, 0.717) is 25.1 Å².